The Hall–Kier alpha value is -3.20. The molecule has 0 radical (unpaired) electrons. The van der Waals surface area contributed by atoms with Crippen molar-refractivity contribution >= 4 is 28.6 Å². The average Bonchev–Trinajstić information content (AvgIpc) is 3.58. The molecule has 1 aliphatic carbocycles. The van der Waals surface area contributed by atoms with E-state index < -0.39 is 6.10 Å². The van der Waals surface area contributed by atoms with E-state index >= 15 is 0 Å². The Morgan fingerprint density at radius 2 is 1.78 bits per heavy atom. The number of likely N-dealkylation sites (N-methyl/N-ethyl adjacent to an activating group) is 1. The van der Waals surface area contributed by atoms with Gasteiger partial charge in [0.1, 0.15) is 5.65 Å². The van der Waals surface area contributed by atoms with Crippen LogP contribution < -0.4 is 10.2 Å². The van der Waals surface area contributed by atoms with Crippen molar-refractivity contribution in [1.29, 1.82) is 0 Å². The molecule has 0 bridgehead atoms. The summed E-state index contributed by atoms with van der Waals surface area (Å²) in [5.41, 5.74) is 6.38. The molecule has 2 fully saturated rings. The first-order valence-corrected chi connectivity index (χ1v) is 14.0. The second-order valence-corrected chi connectivity index (χ2v) is 11.2. The van der Waals surface area contributed by atoms with Gasteiger partial charge in [0.25, 0.3) is 5.91 Å². The van der Waals surface area contributed by atoms with Crippen molar-refractivity contribution in [2.75, 3.05) is 38.1 Å². The number of imidazole rings is 1. The number of thiophene rings is 1. The highest BCUT2D eigenvalue weighted by atomic mass is 32.1. The number of benzene rings is 1. The number of carbonyl (C=O) groups is 1. The third-order valence-corrected chi connectivity index (χ3v) is 8.68. The van der Waals surface area contributed by atoms with Gasteiger partial charge in [-0.05, 0) is 61.3 Å². The molecule has 1 saturated heterocycles. The van der Waals surface area contributed by atoms with Crippen LogP contribution >= 0.6 is 11.3 Å². The molecule has 1 aromatic carbocycles. The van der Waals surface area contributed by atoms with Crippen molar-refractivity contribution in [2.24, 2.45) is 0 Å². The summed E-state index contributed by atoms with van der Waals surface area (Å²) in [4.78, 5) is 22.9. The van der Waals surface area contributed by atoms with Gasteiger partial charge in [0.2, 0.25) is 0 Å². The summed E-state index contributed by atoms with van der Waals surface area (Å²) < 4.78 is 2.07. The number of hydrogen-bond donors (Lipinski definition) is 2. The number of piperazine rings is 1. The first-order valence-electron chi connectivity index (χ1n) is 13.1. The number of aliphatic hydroxyl groups is 1. The number of aromatic nitrogens is 2. The van der Waals surface area contributed by atoms with Gasteiger partial charge in [-0.25, -0.2) is 4.98 Å². The number of nitrogens with zero attached hydrogens (tertiary/aromatic N) is 4. The minimum absolute atomic E-state index is 0.113. The van der Waals surface area contributed by atoms with E-state index in [9.17, 15) is 9.90 Å². The van der Waals surface area contributed by atoms with Crippen LogP contribution in [0, 0.1) is 0 Å². The Balaban J connectivity index is 1.18. The van der Waals surface area contributed by atoms with Gasteiger partial charge in [0.15, 0.2) is 0 Å². The zero-order valence-electron chi connectivity index (χ0n) is 21.1. The van der Waals surface area contributed by atoms with Gasteiger partial charge >= 0.3 is 0 Å². The standard InChI is InChI=1S/C29H33N5O2S/c1-32-12-14-33(15-13-32)23-8-6-20(7-9-23)21-10-11-34-25(18-30-28(34)17-21)22-16-27(37-19-22)29(36)31-24-4-2-3-5-26(24)35/h6-11,16-19,24,26,35H,2-5,12-15H2,1H3,(H,31,36)/t24-,26-/m1/s1. The van der Waals surface area contributed by atoms with Gasteiger partial charge in [0, 0.05) is 49.0 Å². The van der Waals surface area contributed by atoms with E-state index in [1.54, 1.807) is 0 Å². The highest BCUT2D eigenvalue weighted by Gasteiger charge is 2.25. The van der Waals surface area contributed by atoms with Gasteiger partial charge < -0.3 is 20.2 Å². The lowest BCUT2D eigenvalue weighted by Crippen LogP contribution is -2.44. The van der Waals surface area contributed by atoms with Gasteiger partial charge in [-0.1, -0.05) is 25.0 Å². The Bertz CT molecular complexity index is 1390. The summed E-state index contributed by atoms with van der Waals surface area (Å²) in [7, 11) is 2.18. The van der Waals surface area contributed by atoms with Crippen molar-refractivity contribution < 1.29 is 9.90 Å². The highest BCUT2D eigenvalue weighted by molar-refractivity contribution is 7.12. The third-order valence-electron chi connectivity index (χ3n) is 7.75. The number of fused-ring (bicyclic) bond motifs is 1. The van der Waals surface area contributed by atoms with Crippen molar-refractivity contribution in [1.82, 2.24) is 19.6 Å². The first-order chi connectivity index (χ1) is 18.0. The van der Waals surface area contributed by atoms with Crippen molar-refractivity contribution in [2.45, 2.75) is 37.8 Å². The molecule has 37 heavy (non-hydrogen) atoms. The van der Waals surface area contributed by atoms with Crippen LogP contribution in [0.1, 0.15) is 35.4 Å². The normalized spacial score (nSPS) is 20.9. The van der Waals surface area contributed by atoms with Gasteiger partial charge in [0.05, 0.1) is 28.9 Å². The van der Waals surface area contributed by atoms with Crippen molar-refractivity contribution in [3.63, 3.8) is 0 Å². The van der Waals surface area contributed by atoms with Gasteiger partial charge in [-0.15, -0.1) is 11.3 Å². The van der Waals surface area contributed by atoms with Crippen molar-refractivity contribution in [3.8, 4) is 22.4 Å². The molecule has 2 atom stereocenters. The molecule has 7 nitrogen and oxygen atoms in total. The number of aliphatic hydroxyl groups excluding tert-OH is 1. The second kappa shape index (κ2) is 10.3. The van der Waals surface area contributed by atoms with Crippen LogP contribution in [0.3, 0.4) is 0 Å². The lowest BCUT2D eigenvalue weighted by atomic mass is 9.92. The van der Waals surface area contributed by atoms with E-state index in [0.29, 0.717) is 4.88 Å². The molecular weight excluding hydrogens is 482 g/mol. The molecule has 6 rings (SSSR count). The predicted octanol–water partition coefficient (Wildman–Crippen LogP) is 4.51. The molecule has 4 heterocycles. The maximum atomic E-state index is 12.8. The van der Waals surface area contributed by atoms with Crippen LogP contribution in [-0.4, -0.2) is 70.7 Å². The van der Waals surface area contributed by atoms with Crippen LogP contribution in [0.25, 0.3) is 28.0 Å². The summed E-state index contributed by atoms with van der Waals surface area (Å²) >= 11 is 1.43. The minimum atomic E-state index is -0.451. The summed E-state index contributed by atoms with van der Waals surface area (Å²) in [5.74, 6) is -0.113. The number of amides is 1. The summed E-state index contributed by atoms with van der Waals surface area (Å²) in [6.07, 6.45) is 7.12. The zero-order chi connectivity index (χ0) is 25.4. The molecule has 8 heteroatoms. The topological polar surface area (TPSA) is 73.1 Å². The fourth-order valence-electron chi connectivity index (χ4n) is 5.41. The molecule has 2 N–H and O–H groups in total. The van der Waals surface area contributed by atoms with Crippen LogP contribution in [0.5, 0.6) is 0 Å². The predicted molar refractivity (Wildman–Crippen MR) is 149 cm³/mol. The Morgan fingerprint density at radius 1 is 1.00 bits per heavy atom. The molecule has 0 spiro atoms. The van der Waals surface area contributed by atoms with E-state index in [1.165, 1.54) is 22.6 Å². The van der Waals surface area contributed by atoms with E-state index in [2.05, 4.69) is 74.1 Å². The lowest BCUT2D eigenvalue weighted by molar-refractivity contribution is 0.0720. The Labute approximate surface area is 221 Å². The number of hydrogen-bond acceptors (Lipinski definition) is 6. The van der Waals surface area contributed by atoms with Crippen LogP contribution in [-0.2, 0) is 0 Å². The van der Waals surface area contributed by atoms with E-state index in [-0.39, 0.29) is 11.9 Å². The largest absolute Gasteiger partial charge is 0.391 e. The van der Waals surface area contributed by atoms with Gasteiger partial charge in [-0.2, -0.15) is 0 Å². The number of anilines is 1. The van der Waals surface area contributed by atoms with Crippen LogP contribution in [0.15, 0.2) is 60.2 Å². The van der Waals surface area contributed by atoms with E-state index in [1.807, 2.05) is 17.6 Å². The van der Waals surface area contributed by atoms with E-state index in [4.69, 9.17) is 0 Å². The van der Waals surface area contributed by atoms with Crippen LogP contribution in [0.4, 0.5) is 5.69 Å². The first kappa shape index (κ1) is 24.2. The molecule has 1 amide bonds. The quantitative estimate of drug-likeness (QED) is 0.409. The fourth-order valence-corrected chi connectivity index (χ4v) is 6.22. The third kappa shape index (κ3) is 5.01. The maximum absolute atomic E-state index is 12.8. The molecule has 0 unspecified atom stereocenters. The Kier molecular flexibility index (Phi) is 6.71. The lowest BCUT2D eigenvalue weighted by Gasteiger charge is -2.34. The smallest absolute Gasteiger partial charge is 0.261 e. The molecule has 3 aromatic heterocycles. The summed E-state index contributed by atoms with van der Waals surface area (Å²) in [5, 5.41) is 15.2. The molecule has 4 aromatic rings. The molecule has 1 aliphatic heterocycles. The van der Waals surface area contributed by atoms with Crippen molar-refractivity contribution in [3.05, 3.63) is 65.1 Å². The fraction of sp³-hybridized carbons (Fsp3) is 0.379. The van der Waals surface area contributed by atoms with Crippen LogP contribution in [0.2, 0.25) is 0 Å². The number of nitrogens with one attached hydrogen (secondary N) is 1. The number of rotatable bonds is 5. The summed E-state index contributed by atoms with van der Waals surface area (Å²) in [6, 6.07) is 14.8. The SMILES string of the molecule is CN1CCN(c2ccc(-c3ccn4c(-c5csc(C(=O)N[C@@H]6CCCC[C@H]6O)c5)cnc4c3)cc2)CC1. The molecule has 2 aliphatic rings. The number of pyridine rings is 1. The molecule has 1 saturated carbocycles. The van der Waals surface area contributed by atoms with E-state index in [0.717, 1.165) is 74.3 Å². The monoisotopic (exact) mass is 515 g/mol. The average molecular weight is 516 g/mol. The summed E-state index contributed by atoms with van der Waals surface area (Å²) in [6.45, 7) is 4.32. The van der Waals surface area contributed by atoms with Gasteiger partial charge in [-0.3, -0.25) is 9.20 Å². The molecular formula is C29H33N5O2S. The second-order valence-electron chi connectivity index (χ2n) is 10.3. The Morgan fingerprint density at radius 3 is 2.57 bits per heavy atom. The minimum Gasteiger partial charge on any atom is -0.391 e. The maximum Gasteiger partial charge on any atom is 0.261 e. The zero-order valence-corrected chi connectivity index (χ0v) is 22.0. The molecule has 192 valence electrons. The highest BCUT2D eigenvalue weighted by Crippen LogP contribution is 2.30. The number of carbonyl (C=O) groups excluding carboxylic acids is 1.